The van der Waals surface area contributed by atoms with Gasteiger partial charge in [0.25, 0.3) is 5.91 Å². The highest BCUT2D eigenvalue weighted by atomic mass is 32.2. The highest BCUT2D eigenvalue weighted by molar-refractivity contribution is 7.98. The molecular formula is C16H18N3OS2+. The van der Waals surface area contributed by atoms with Crippen LogP contribution in [0.1, 0.15) is 11.1 Å². The quantitative estimate of drug-likeness (QED) is 0.796. The van der Waals surface area contributed by atoms with Crippen molar-refractivity contribution in [2.75, 3.05) is 25.2 Å². The number of carbonyl (C=O) groups excluding carboxylic acids is 1. The molecule has 2 aromatic rings. The van der Waals surface area contributed by atoms with Crippen molar-refractivity contribution >= 4 is 34.0 Å². The molecule has 0 saturated carbocycles. The molecule has 1 aromatic heterocycles. The lowest BCUT2D eigenvalue weighted by Crippen LogP contribution is -3.08. The van der Waals surface area contributed by atoms with Crippen molar-refractivity contribution in [1.29, 1.82) is 5.26 Å². The lowest BCUT2D eigenvalue weighted by Gasteiger charge is -2.13. The third-order valence-electron chi connectivity index (χ3n) is 3.17. The number of amides is 1. The van der Waals surface area contributed by atoms with Crippen LogP contribution in [0.3, 0.4) is 0 Å². The van der Waals surface area contributed by atoms with E-state index in [0.717, 1.165) is 11.4 Å². The van der Waals surface area contributed by atoms with Gasteiger partial charge in [-0.25, -0.2) is 0 Å². The number of hydrogen-bond donors (Lipinski definition) is 2. The van der Waals surface area contributed by atoms with Crippen LogP contribution in [0.15, 0.2) is 40.6 Å². The lowest BCUT2D eigenvalue weighted by molar-refractivity contribution is -0.885. The molecule has 1 heterocycles. The first kappa shape index (κ1) is 16.6. The Labute approximate surface area is 138 Å². The number of benzene rings is 1. The van der Waals surface area contributed by atoms with Crippen LogP contribution in [0.2, 0.25) is 0 Å². The molecule has 2 N–H and O–H groups in total. The van der Waals surface area contributed by atoms with E-state index in [9.17, 15) is 4.79 Å². The summed E-state index contributed by atoms with van der Waals surface area (Å²) in [6.45, 7) is 1.16. The smallest absolute Gasteiger partial charge is 0.280 e. The van der Waals surface area contributed by atoms with Gasteiger partial charge in [0, 0.05) is 10.5 Å². The van der Waals surface area contributed by atoms with Crippen molar-refractivity contribution in [2.45, 2.75) is 11.4 Å². The van der Waals surface area contributed by atoms with Gasteiger partial charge in [-0.3, -0.25) is 4.79 Å². The van der Waals surface area contributed by atoms with Gasteiger partial charge in [-0.05, 0) is 29.8 Å². The molecule has 6 heteroatoms. The second kappa shape index (κ2) is 7.99. The molecule has 0 aliphatic rings. The molecule has 0 spiro atoms. The molecule has 0 radical (unpaired) electrons. The summed E-state index contributed by atoms with van der Waals surface area (Å²) in [7, 11) is 1.99. The highest BCUT2D eigenvalue weighted by Crippen LogP contribution is 2.21. The molecule has 22 heavy (non-hydrogen) atoms. The summed E-state index contributed by atoms with van der Waals surface area (Å²) in [4.78, 5) is 14.4. The predicted molar refractivity (Wildman–Crippen MR) is 91.3 cm³/mol. The zero-order chi connectivity index (χ0) is 15.9. The highest BCUT2D eigenvalue weighted by Gasteiger charge is 2.13. The standard InChI is InChI=1S/C16H17N3OS2/c1-19(10-12-3-5-14(21-2)6-4-12)11-15(20)18-16-13(9-17)7-8-22-16/h3-8H,10-11H2,1-2H3,(H,18,20)/p+1. The summed E-state index contributed by atoms with van der Waals surface area (Å²) in [5.74, 6) is -0.0721. The predicted octanol–water partition coefficient (Wildman–Crippen LogP) is 2.00. The SMILES string of the molecule is CSc1ccc(C[NH+](C)CC(=O)Nc2sccc2C#N)cc1. The average molecular weight is 332 g/mol. The van der Waals surface area contributed by atoms with Gasteiger partial charge in [-0.15, -0.1) is 23.1 Å². The van der Waals surface area contributed by atoms with Crippen molar-refractivity contribution < 1.29 is 9.69 Å². The maximum Gasteiger partial charge on any atom is 0.280 e. The Morgan fingerprint density at radius 3 is 2.73 bits per heavy atom. The number of carbonyl (C=O) groups is 1. The lowest BCUT2D eigenvalue weighted by atomic mass is 10.2. The van der Waals surface area contributed by atoms with Gasteiger partial charge in [0.15, 0.2) is 6.54 Å². The van der Waals surface area contributed by atoms with Gasteiger partial charge in [0.05, 0.1) is 12.6 Å². The van der Waals surface area contributed by atoms with Gasteiger partial charge in [0.2, 0.25) is 0 Å². The van der Waals surface area contributed by atoms with Gasteiger partial charge >= 0.3 is 0 Å². The Hall–Kier alpha value is -1.81. The molecule has 0 fully saturated rings. The molecule has 1 amide bonds. The van der Waals surface area contributed by atoms with Crippen molar-refractivity contribution in [3.8, 4) is 6.07 Å². The summed E-state index contributed by atoms with van der Waals surface area (Å²) in [6, 6.07) is 12.2. The van der Waals surface area contributed by atoms with Crippen molar-refractivity contribution in [3.05, 3.63) is 46.8 Å². The number of thiophene rings is 1. The van der Waals surface area contributed by atoms with Gasteiger partial charge < -0.3 is 10.2 Å². The van der Waals surface area contributed by atoms with Crippen LogP contribution in [0, 0.1) is 11.3 Å². The molecule has 1 aromatic carbocycles. The normalized spacial score (nSPS) is 11.7. The number of nitrogens with one attached hydrogen (secondary N) is 2. The second-order valence-corrected chi connectivity index (χ2v) is 6.78. The van der Waals surface area contributed by atoms with Crippen molar-refractivity contribution in [3.63, 3.8) is 0 Å². The molecule has 1 atom stereocenters. The largest absolute Gasteiger partial charge is 0.326 e. The van der Waals surface area contributed by atoms with Crippen LogP contribution in [0.5, 0.6) is 0 Å². The fourth-order valence-electron chi connectivity index (χ4n) is 2.09. The number of anilines is 1. The Morgan fingerprint density at radius 2 is 2.09 bits per heavy atom. The summed E-state index contributed by atoms with van der Waals surface area (Å²) in [5, 5.41) is 14.2. The minimum atomic E-state index is -0.0721. The molecule has 0 aliphatic carbocycles. The Kier molecular flexibility index (Phi) is 6.01. The van der Waals surface area contributed by atoms with E-state index in [4.69, 9.17) is 5.26 Å². The first-order valence-electron chi connectivity index (χ1n) is 6.84. The zero-order valence-electron chi connectivity index (χ0n) is 12.6. The van der Waals surface area contributed by atoms with Gasteiger partial charge in [-0.1, -0.05) is 12.1 Å². The van der Waals surface area contributed by atoms with Crippen molar-refractivity contribution in [2.24, 2.45) is 0 Å². The molecule has 0 bridgehead atoms. The van der Waals surface area contributed by atoms with Crippen LogP contribution < -0.4 is 10.2 Å². The van der Waals surface area contributed by atoms with E-state index in [1.54, 1.807) is 23.2 Å². The van der Waals surface area contributed by atoms with E-state index >= 15 is 0 Å². The van der Waals surface area contributed by atoms with E-state index in [0.29, 0.717) is 17.1 Å². The number of nitriles is 1. The zero-order valence-corrected chi connectivity index (χ0v) is 14.2. The van der Waals surface area contributed by atoms with Crippen molar-refractivity contribution in [1.82, 2.24) is 0 Å². The molecule has 0 saturated heterocycles. The molecular weight excluding hydrogens is 314 g/mol. The minimum Gasteiger partial charge on any atom is -0.326 e. The maximum absolute atomic E-state index is 12.0. The van der Waals surface area contributed by atoms with Crippen LogP contribution in [-0.4, -0.2) is 25.8 Å². The van der Waals surface area contributed by atoms with Crippen LogP contribution in [0.4, 0.5) is 5.00 Å². The first-order chi connectivity index (χ1) is 10.6. The summed E-state index contributed by atoms with van der Waals surface area (Å²) in [5.41, 5.74) is 1.72. The Balaban J connectivity index is 1.87. The molecule has 114 valence electrons. The van der Waals surface area contributed by atoms with E-state index < -0.39 is 0 Å². The van der Waals surface area contributed by atoms with E-state index in [1.165, 1.54) is 21.8 Å². The number of quaternary nitrogens is 1. The third-order valence-corrected chi connectivity index (χ3v) is 4.74. The molecule has 2 rings (SSSR count). The number of rotatable bonds is 6. The molecule has 1 unspecified atom stereocenters. The van der Waals surface area contributed by atoms with Gasteiger partial charge in [-0.2, -0.15) is 5.26 Å². The minimum absolute atomic E-state index is 0.0721. The second-order valence-electron chi connectivity index (χ2n) is 4.98. The number of thioether (sulfide) groups is 1. The fourth-order valence-corrected chi connectivity index (χ4v) is 3.26. The molecule has 4 nitrogen and oxygen atoms in total. The van der Waals surface area contributed by atoms with Crippen LogP contribution in [-0.2, 0) is 11.3 Å². The number of nitrogens with zero attached hydrogens (tertiary/aromatic N) is 1. The van der Waals surface area contributed by atoms with E-state index in [-0.39, 0.29) is 5.91 Å². The van der Waals surface area contributed by atoms with E-state index in [1.807, 2.05) is 7.05 Å². The van der Waals surface area contributed by atoms with Crippen LogP contribution >= 0.6 is 23.1 Å². The summed E-state index contributed by atoms with van der Waals surface area (Å²) < 4.78 is 0. The fraction of sp³-hybridized carbons (Fsp3) is 0.250. The Morgan fingerprint density at radius 1 is 1.36 bits per heavy atom. The monoisotopic (exact) mass is 332 g/mol. The average Bonchev–Trinajstić information content (AvgIpc) is 2.94. The Bertz CT molecular complexity index is 673. The summed E-state index contributed by atoms with van der Waals surface area (Å²) in [6.07, 6.45) is 2.05. The van der Waals surface area contributed by atoms with E-state index in [2.05, 4.69) is 41.9 Å². The molecule has 0 aliphatic heterocycles. The third kappa shape index (κ3) is 4.60. The number of likely N-dealkylation sites (N-methyl/N-ethyl adjacent to an activating group) is 1. The topological polar surface area (TPSA) is 57.3 Å². The first-order valence-corrected chi connectivity index (χ1v) is 8.94. The summed E-state index contributed by atoms with van der Waals surface area (Å²) >= 11 is 3.09. The maximum atomic E-state index is 12.0. The van der Waals surface area contributed by atoms with Crippen LogP contribution in [0.25, 0.3) is 0 Å². The number of hydrogen-bond acceptors (Lipinski definition) is 4. The van der Waals surface area contributed by atoms with Gasteiger partial charge in [0.1, 0.15) is 17.6 Å².